The predicted molar refractivity (Wildman–Crippen MR) is 113 cm³/mol. The highest BCUT2D eigenvalue weighted by Crippen LogP contribution is 2.38. The highest BCUT2D eigenvalue weighted by Gasteiger charge is 2.30. The van der Waals surface area contributed by atoms with Crippen LogP contribution in [-0.4, -0.2) is 31.9 Å². The van der Waals surface area contributed by atoms with Crippen LogP contribution in [0.25, 0.3) is 6.08 Å². The Hall–Kier alpha value is -3.37. The molecular weight excluding hydrogens is 400 g/mol. The number of benzene rings is 2. The van der Waals surface area contributed by atoms with Crippen molar-refractivity contribution in [1.82, 2.24) is 5.32 Å². The van der Waals surface area contributed by atoms with E-state index >= 15 is 0 Å². The molecule has 1 fully saturated rings. The fourth-order valence-electron chi connectivity index (χ4n) is 3.65. The smallest absolute Gasteiger partial charge is 0.262 e. The van der Waals surface area contributed by atoms with Gasteiger partial charge in [0.05, 0.1) is 11.5 Å². The molecule has 2 aromatic rings. The highest BCUT2D eigenvalue weighted by molar-refractivity contribution is 7.91. The maximum atomic E-state index is 12.6. The first-order chi connectivity index (χ1) is 14.4. The first kappa shape index (κ1) is 19.9. The Labute approximate surface area is 175 Å². The summed E-state index contributed by atoms with van der Waals surface area (Å²) in [7, 11) is -3.13. The van der Waals surface area contributed by atoms with Crippen molar-refractivity contribution < 1.29 is 17.9 Å². The SMILES string of the molecule is N#CC(=CC1=Cc2ccccc2OC1c1ccccc1)C(=O)NC1CCS(=O)(=O)C1. The van der Waals surface area contributed by atoms with Crippen LogP contribution < -0.4 is 10.1 Å². The molecule has 1 saturated heterocycles. The van der Waals surface area contributed by atoms with E-state index in [0.717, 1.165) is 16.9 Å². The van der Waals surface area contributed by atoms with Crippen LogP contribution in [0.4, 0.5) is 0 Å². The number of hydrogen-bond acceptors (Lipinski definition) is 5. The number of para-hydroxylation sites is 1. The van der Waals surface area contributed by atoms with E-state index in [1.54, 1.807) is 0 Å². The maximum Gasteiger partial charge on any atom is 0.262 e. The lowest BCUT2D eigenvalue weighted by Gasteiger charge is -2.26. The first-order valence-corrected chi connectivity index (χ1v) is 11.4. The molecule has 2 heterocycles. The van der Waals surface area contributed by atoms with Crippen LogP contribution in [0, 0.1) is 11.3 Å². The fraction of sp³-hybridized carbons (Fsp3) is 0.217. The number of hydrogen-bond donors (Lipinski definition) is 1. The molecule has 0 radical (unpaired) electrons. The number of rotatable bonds is 4. The second-order valence-corrected chi connectivity index (χ2v) is 9.56. The molecule has 6 nitrogen and oxygen atoms in total. The Balaban J connectivity index is 1.66. The van der Waals surface area contributed by atoms with Gasteiger partial charge in [-0.2, -0.15) is 5.26 Å². The number of carbonyl (C=O) groups is 1. The summed E-state index contributed by atoms with van der Waals surface area (Å²) in [6, 6.07) is 18.6. The zero-order chi connectivity index (χ0) is 21.1. The van der Waals surface area contributed by atoms with Gasteiger partial charge >= 0.3 is 0 Å². The van der Waals surface area contributed by atoms with Crippen LogP contribution in [0.15, 0.2) is 71.8 Å². The van der Waals surface area contributed by atoms with Gasteiger partial charge in [-0.05, 0) is 35.8 Å². The van der Waals surface area contributed by atoms with Crippen LogP contribution in [0.1, 0.15) is 23.7 Å². The number of nitriles is 1. The number of fused-ring (bicyclic) bond motifs is 1. The topological polar surface area (TPSA) is 96.3 Å². The van der Waals surface area contributed by atoms with Gasteiger partial charge in [0.2, 0.25) is 0 Å². The van der Waals surface area contributed by atoms with Crippen molar-refractivity contribution >= 4 is 21.8 Å². The van der Waals surface area contributed by atoms with E-state index in [1.807, 2.05) is 66.7 Å². The lowest BCUT2D eigenvalue weighted by atomic mass is 9.94. The predicted octanol–water partition coefficient (Wildman–Crippen LogP) is 2.96. The van der Waals surface area contributed by atoms with Crippen molar-refractivity contribution in [1.29, 1.82) is 5.26 Å². The second-order valence-electron chi connectivity index (χ2n) is 7.33. The first-order valence-electron chi connectivity index (χ1n) is 9.60. The molecule has 7 heteroatoms. The molecule has 152 valence electrons. The van der Waals surface area contributed by atoms with Crippen LogP contribution in [0.3, 0.4) is 0 Å². The lowest BCUT2D eigenvalue weighted by molar-refractivity contribution is -0.117. The normalized spacial score (nSPS) is 22.2. The van der Waals surface area contributed by atoms with Gasteiger partial charge in [-0.1, -0.05) is 48.5 Å². The van der Waals surface area contributed by atoms with Gasteiger partial charge in [-0.25, -0.2) is 8.42 Å². The molecule has 30 heavy (non-hydrogen) atoms. The van der Waals surface area contributed by atoms with Crippen LogP contribution >= 0.6 is 0 Å². The van der Waals surface area contributed by atoms with Crippen molar-refractivity contribution in [2.75, 3.05) is 11.5 Å². The van der Waals surface area contributed by atoms with Crippen molar-refractivity contribution in [2.45, 2.75) is 18.6 Å². The third kappa shape index (κ3) is 4.29. The minimum atomic E-state index is -3.13. The largest absolute Gasteiger partial charge is 0.480 e. The molecule has 2 aliphatic heterocycles. The number of ether oxygens (including phenoxy) is 1. The Kier molecular flexibility index (Phi) is 5.42. The summed E-state index contributed by atoms with van der Waals surface area (Å²) >= 11 is 0. The van der Waals surface area contributed by atoms with Crippen LogP contribution in [0.2, 0.25) is 0 Å². The highest BCUT2D eigenvalue weighted by atomic mass is 32.2. The molecule has 2 atom stereocenters. The average Bonchev–Trinajstić information content (AvgIpc) is 3.09. The van der Waals surface area contributed by atoms with Gasteiger partial charge in [0.1, 0.15) is 23.5 Å². The molecule has 0 bridgehead atoms. The monoisotopic (exact) mass is 420 g/mol. The van der Waals surface area contributed by atoms with Crippen LogP contribution in [-0.2, 0) is 14.6 Å². The number of nitrogens with zero attached hydrogens (tertiary/aromatic N) is 1. The van der Waals surface area contributed by atoms with E-state index in [1.165, 1.54) is 6.08 Å². The van der Waals surface area contributed by atoms with E-state index in [9.17, 15) is 18.5 Å². The lowest BCUT2D eigenvalue weighted by Crippen LogP contribution is -2.36. The molecule has 0 saturated carbocycles. The Morgan fingerprint density at radius 1 is 1.13 bits per heavy atom. The molecule has 2 aliphatic rings. The van der Waals surface area contributed by atoms with E-state index in [2.05, 4.69) is 5.32 Å². The van der Waals surface area contributed by atoms with Crippen molar-refractivity contribution in [2.24, 2.45) is 0 Å². The van der Waals surface area contributed by atoms with Gasteiger partial charge < -0.3 is 10.1 Å². The minimum absolute atomic E-state index is 0.0510. The zero-order valence-electron chi connectivity index (χ0n) is 16.1. The third-order valence-electron chi connectivity index (χ3n) is 5.13. The van der Waals surface area contributed by atoms with E-state index < -0.39 is 27.9 Å². The van der Waals surface area contributed by atoms with Gasteiger partial charge in [0, 0.05) is 11.6 Å². The average molecular weight is 420 g/mol. The summed E-state index contributed by atoms with van der Waals surface area (Å²) in [5.41, 5.74) is 2.34. The number of sulfone groups is 1. The number of nitrogens with one attached hydrogen (secondary N) is 1. The number of carbonyl (C=O) groups excluding carboxylic acids is 1. The quantitative estimate of drug-likeness (QED) is 0.606. The van der Waals surface area contributed by atoms with Crippen molar-refractivity contribution in [3.63, 3.8) is 0 Å². The molecule has 1 amide bonds. The maximum absolute atomic E-state index is 12.6. The molecule has 2 aromatic carbocycles. The minimum Gasteiger partial charge on any atom is -0.480 e. The molecule has 0 spiro atoms. The van der Waals surface area contributed by atoms with Gasteiger partial charge in [0.25, 0.3) is 5.91 Å². The summed E-state index contributed by atoms with van der Waals surface area (Å²) < 4.78 is 29.5. The van der Waals surface area contributed by atoms with Gasteiger partial charge in [0.15, 0.2) is 9.84 Å². The third-order valence-corrected chi connectivity index (χ3v) is 6.90. The molecule has 4 rings (SSSR count). The van der Waals surface area contributed by atoms with E-state index in [0.29, 0.717) is 12.0 Å². The standard InChI is InChI=1S/C23H20N2O4S/c24-14-19(23(26)25-20-10-11-30(27,28)15-20)13-18-12-17-8-4-5-9-21(17)29-22(18)16-6-2-1-3-7-16/h1-9,12-13,20,22H,10-11,15H2,(H,25,26). The number of amides is 1. The summed E-state index contributed by atoms with van der Waals surface area (Å²) in [5.74, 6) is 0.104. The Morgan fingerprint density at radius 3 is 2.57 bits per heavy atom. The van der Waals surface area contributed by atoms with E-state index in [4.69, 9.17) is 4.74 Å². The summed E-state index contributed by atoms with van der Waals surface area (Å²) in [6.07, 6.45) is 3.32. The second kappa shape index (κ2) is 8.17. The molecular formula is C23H20N2O4S. The Bertz CT molecular complexity index is 1180. The Morgan fingerprint density at radius 2 is 1.87 bits per heavy atom. The van der Waals surface area contributed by atoms with Crippen molar-refractivity contribution in [3.05, 3.63) is 82.9 Å². The molecule has 0 aliphatic carbocycles. The molecule has 1 N–H and O–H groups in total. The summed E-state index contributed by atoms with van der Waals surface area (Å²) in [6.45, 7) is 0. The van der Waals surface area contributed by atoms with Gasteiger partial charge in [-0.3, -0.25) is 4.79 Å². The van der Waals surface area contributed by atoms with Crippen LogP contribution in [0.5, 0.6) is 5.75 Å². The molecule has 2 unspecified atom stereocenters. The summed E-state index contributed by atoms with van der Waals surface area (Å²) in [5, 5.41) is 12.3. The fourth-order valence-corrected chi connectivity index (χ4v) is 5.32. The van der Waals surface area contributed by atoms with Crippen molar-refractivity contribution in [3.8, 4) is 11.8 Å². The molecule has 0 aromatic heterocycles. The summed E-state index contributed by atoms with van der Waals surface area (Å²) in [4.78, 5) is 12.6. The van der Waals surface area contributed by atoms with E-state index in [-0.39, 0.29) is 17.1 Å². The van der Waals surface area contributed by atoms with Gasteiger partial charge in [-0.15, -0.1) is 0 Å². The zero-order valence-corrected chi connectivity index (χ0v) is 16.9.